The van der Waals surface area contributed by atoms with E-state index >= 15 is 0 Å². The second kappa shape index (κ2) is 3.90. The maximum atomic E-state index is 12.1. The number of rotatable bonds is 0. The quantitative estimate of drug-likeness (QED) is 0.762. The Morgan fingerprint density at radius 2 is 1.88 bits per heavy atom. The number of hydrogen-bond donors (Lipinski definition) is 1. The van der Waals surface area contributed by atoms with E-state index in [1.807, 2.05) is 42.5 Å². The van der Waals surface area contributed by atoms with Crippen molar-refractivity contribution in [3.8, 4) is 0 Å². The van der Waals surface area contributed by atoms with Crippen LogP contribution in [0, 0.1) is 0 Å². The summed E-state index contributed by atoms with van der Waals surface area (Å²) in [5.41, 5.74) is 3.49. The zero-order valence-corrected chi connectivity index (χ0v) is 9.79. The Morgan fingerprint density at radius 3 is 2.76 bits per heavy atom. The van der Waals surface area contributed by atoms with E-state index in [4.69, 9.17) is 11.6 Å². The molecule has 0 bridgehead atoms. The van der Waals surface area contributed by atoms with E-state index in [9.17, 15) is 4.79 Å². The standard InChI is InChI=1S/C14H10ClNO/c15-10-5-6-12-9(7-10)8-14(17)11-3-1-2-4-13(11)16-12/h1-7,16H,8H2. The highest BCUT2D eigenvalue weighted by molar-refractivity contribution is 6.30. The lowest BCUT2D eigenvalue weighted by molar-refractivity contribution is 0.0994. The molecule has 0 amide bonds. The van der Waals surface area contributed by atoms with Gasteiger partial charge in [0.1, 0.15) is 0 Å². The second-order valence-corrected chi connectivity index (χ2v) is 4.51. The predicted octanol–water partition coefficient (Wildman–Crippen LogP) is 3.82. The molecule has 3 rings (SSSR count). The third kappa shape index (κ3) is 1.81. The molecule has 84 valence electrons. The van der Waals surface area contributed by atoms with Gasteiger partial charge in [0.15, 0.2) is 5.78 Å². The van der Waals surface area contributed by atoms with Crippen LogP contribution in [-0.4, -0.2) is 5.78 Å². The summed E-state index contributed by atoms with van der Waals surface area (Å²) in [7, 11) is 0. The van der Waals surface area contributed by atoms with E-state index in [2.05, 4.69) is 5.32 Å². The minimum absolute atomic E-state index is 0.120. The number of carbonyl (C=O) groups is 1. The molecule has 0 aliphatic carbocycles. The van der Waals surface area contributed by atoms with Crippen molar-refractivity contribution in [1.82, 2.24) is 0 Å². The van der Waals surface area contributed by atoms with Gasteiger partial charge in [0.2, 0.25) is 0 Å². The van der Waals surface area contributed by atoms with Crippen LogP contribution in [0.4, 0.5) is 11.4 Å². The molecule has 0 saturated heterocycles. The summed E-state index contributed by atoms with van der Waals surface area (Å²) in [6.45, 7) is 0. The van der Waals surface area contributed by atoms with Gasteiger partial charge in [-0.05, 0) is 35.9 Å². The van der Waals surface area contributed by atoms with Crippen LogP contribution in [0.15, 0.2) is 42.5 Å². The Bertz CT molecular complexity index is 607. The first-order chi connectivity index (χ1) is 8.24. The zero-order chi connectivity index (χ0) is 11.8. The van der Waals surface area contributed by atoms with Crippen molar-refractivity contribution < 1.29 is 4.79 Å². The summed E-state index contributed by atoms with van der Waals surface area (Å²) < 4.78 is 0. The molecular weight excluding hydrogens is 234 g/mol. The number of Topliss-reactive ketones (excluding diaryl/α,β-unsaturated/α-hetero) is 1. The SMILES string of the molecule is O=C1Cc2cc(Cl)ccc2Nc2ccccc21. The molecule has 0 spiro atoms. The zero-order valence-electron chi connectivity index (χ0n) is 9.03. The van der Waals surface area contributed by atoms with Crippen LogP contribution >= 0.6 is 11.6 Å². The Labute approximate surface area is 104 Å². The molecule has 1 aliphatic heterocycles. The fourth-order valence-corrected chi connectivity index (χ4v) is 2.27. The first-order valence-corrected chi connectivity index (χ1v) is 5.79. The molecule has 0 atom stereocenters. The fourth-order valence-electron chi connectivity index (χ4n) is 2.08. The summed E-state index contributed by atoms with van der Waals surface area (Å²) in [5, 5.41) is 3.94. The molecule has 2 aromatic carbocycles. The number of benzene rings is 2. The van der Waals surface area contributed by atoms with Crippen molar-refractivity contribution in [3.63, 3.8) is 0 Å². The summed E-state index contributed by atoms with van der Waals surface area (Å²) in [6.07, 6.45) is 0.389. The maximum absolute atomic E-state index is 12.1. The average molecular weight is 244 g/mol. The number of anilines is 2. The lowest BCUT2D eigenvalue weighted by Gasteiger charge is -2.08. The Hall–Kier alpha value is -1.80. The van der Waals surface area contributed by atoms with E-state index in [0.29, 0.717) is 11.4 Å². The average Bonchev–Trinajstić information content (AvgIpc) is 2.46. The highest BCUT2D eigenvalue weighted by Crippen LogP contribution is 2.31. The normalized spacial score (nSPS) is 13.4. The van der Waals surface area contributed by atoms with Gasteiger partial charge in [0.05, 0.1) is 0 Å². The maximum Gasteiger partial charge on any atom is 0.169 e. The molecule has 0 unspecified atom stereocenters. The van der Waals surface area contributed by atoms with Crippen LogP contribution < -0.4 is 5.32 Å². The van der Waals surface area contributed by atoms with Gasteiger partial charge in [0.25, 0.3) is 0 Å². The van der Waals surface area contributed by atoms with Crippen molar-refractivity contribution in [2.45, 2.75) is 6.42 Å². The fraction of sp³-hybridized carbons (Fsp3) is 0.0714. The van der Waals surface area contributed by atoms with Gasteiger partial charge in [-0.3, -0.25) is 4.79 Å². The number of fused-ring (bicyclic) bond motifs is 2. The van der Waals surface area contributed by atoms with Crippen molar-refractivity contribution >= 4 is 28.8 Å². The van der Waals surface area contributed by atoms with Crippen LogP contribution in [0.25, 0.3) is 0 Å². The highest BCUT2D eigenvalue weighted by Gasteiger charge is 2.18. The molecule has 0 fully saturated rings. The third-order valence-corrected chi connectivity index (χ3v) is 3.15. The van der Waals surface area contributed by atoms with Gasteiger partial charge in [-0.2, -0.15) is 0 Å². The van der Waals surface area contributed by atoms with Crippen LogP contribution in [0.1, 0.15) is 15.9 Å². The molecule has 2 nitrogen and oxygen atoms in total. The largest absolute Gasteiger partial charge is 0.355 e. The number of ketones is 1. The van der Waals surface area contributed by atoms with Gasteiger partial charge in [-0.25, -0.2) is 0 Å². The van der Waals surface area contributed by atoms with Gasteiger partial charge in [0, 0.05) is 28.4 Å². The Morgan fingerprint density at radius 1 is 1.06 bits per heavy atom. The molecular formula is C14H10ClNO. The lowest BCUT2D eigenvalue weighted by Crippen LogP contribution is -2.01. The summed E-state index contributed by atoms with van der Waals surface area (Å²) in [4.78, 5) is 12.1. The van der Waals surface area contributed by atoms with Crippen LogP contribution in [-0.2, 0) is 6.42 Å². The summed E-state index contributed by atoms with van der Waals surface area (Å²) in [5.74, 6) is 0.120. The molecule has 1 N–H and O–H groups in total. The minimum Gasteiger partial charge on any atom is -0.355 e. The van der Waals surface area contributed by atoms with Crippen molar-refractivity contribution in [3.05, 3.63) is 58.6 Å². The molecule has 1 heterocycles. The molecule has 3 heteroatoms. The number of para-hydroxylation sites is 1. The summed E-state index contributed by atoms with van der Waals surface area (Å²) in [6, 6.07) is 13.1. The first-order valence-electron chi connectivity index (χ1n) is 5.42. The smallest absolute Gasteiger partial charge is 0.169 e. The van der Waals surface area contributed by atoms with E-state index in [-0.39, 0.29) is 5.78 Å². The van der Waals surface area contributed by atoms with Crippen LogP contribution in [0.5, 0.6) is 0 Å². The lowest BCUT2D eigenvalue weighted by atomic mass is 10.0. The second-order valence-electron chi connectivity index (χ2n) is 4.07. The molecule has 17 heavy (non-hydrogen) atoms. The molecule has 0 saturated carbocycles. The van der Waals surface area contributed by atoms with E-state index in [1.165, 1.54) is 0 Å². The topological polar surface area (TPSA) is 29.1 Å². The monoisotopic (exact) mass is 243 g/mol. The summed E-state index contributed by atoms with van der Waals surface area (Å²) >= 11 is 5.95. The van der Waals surface area contributed by atoms with Crippen molar-refractivity contribution in [2.75, 3.05) is 5.32 Å². The Balaban J connectivity index is 2.17. The number of hydrogen-bond acceptors (Lipinski definition) is 2. The van der Waals surface area contributed by atoms with E-state index in [1.54, 1.807) is 0 Å². The van der Waals surface area contributed by atoms with E-state index in [0.717, 1.165) is 22.5 Å². The number of nitrogens with one attached hydrogen (secondary N) is 1. The van der Waals surface area contributed by atoms with Crippen molar-refractivity contribution in [2.24, 2.45) is 0 Å². The minimum atomic E-state index is 0.120. The van der Waals surface area contributed by atoms with Crippen molar-refractivity contribution in [1.29, 1.82) is 0 Å². The molecule has 0 aromatic heterocycles. The first kappa shape index (κ1) is 10.4. The van der Waals surface area contributed by atoms with Gasteiger partial charge in [-0.1, -0.05) is 23.7 Å². The highest BCUT2D eigenvalue weighted by atomic mass is 35.5. The van der Waals surface area contributed by atoms with Gasteiger partial charge in [-0.15, -0.1) is 0 Å². The molecule has 0 radical (unpaired) electrons. The molecule has 1 aliphatic rings. The number of halogens is 1. The predicted molar refractivity (Wildman–Crippen MR) is 69.2 cm³/mol. The Kier molecular flexibility index (Phi) is 2.37. The van der Waals surface area contributed by atoms with Crippen LogP contribution in [0.3, 0.4) is 0 Å². The van der Waals surface area contributed by atoms with E-state index < -0.39 is 0 Å². The van der Waals surface area contributed by atoms with Gasteiger partial charge >= 0.3 is 0 Å². The number of carbonyl (C=O) groups excluding carboxylic acids is 1. The van der Waals surface area contributed by atoms with Crippen LogP contribution in [0.2, 0.25) is 5.02 Å². The van der Waals surface area contributed by atoms with Gasteiger partial charge < -0.3 is 5.32 Å². The molecule has 2 aromatic rings. The third-order valence-electron chi connectivity index (χ3n) is 2.92.